The lowest BCUT2D eigenvalue weighted by Gasteiger charge is -2.38. The number of carbonyl (C=O) groups excluding carboxylic acids is 3. The smallest absolute Gasteiger partial charge is 0.198 e. The topological polar surface area (TPSA) is 80.7 Å². The van der Waals surface area contributed by atoms with Crippen LogP contribution in [0.15, 0.2) is 47.0 Å². The van der Waals surface area contributed by atoms with Crippen LogP contribution in [0, 0.1) is 5.92 Å². The zero-order valence-corrected chi connectivity index (χ0v) is 15.6. The highest BCUT2D eigenvalue weighted by Crippen LogP contribution is 2.43. The molecule has 0 radical (unpaired) electrons. The van der Waals surface area contributed by atoms with E-state index in [1.165, 1.54) is 19.3 Å². The van der Waals surface area contributed by atoms with Crippen molar-refractivity contribution in [3.8, 4) is 0 Å². The zero-order valence-electron chi connectivity index (χ0n) is 15.6. The summed E-state index contributed by atoms with van der Waals surface area (Å²) in [6, 6.07) is 0. The number of ether oxygens (including phenoxy) is 1. The van der Waals surface area contributed by atoms with Crippen molar-refractivity contribution >= 4 is 17.9 Å². The Hall–Kier alpha value is -2.27. The van der Waals surface area contributed by atoms with Crippen molar-refractivity contribution in [3.05, 3.63) is 47.0 Å². The molecular weight excluding hydrogens is 332 g/mol. The Morgan fingerprint density at radius 1 is 1.38 bits per heavy atom. The molecule has 0 saturated heterocycles. The minimum Gasteiger partial charge on any atom is -0.469 e. The Morgan fingerprint density at radius 2 is 2.12 bits per heavy atom. The minimum absolute atomic E-state index is 0.0270. The fourth-order valence-electron chi connectivity index (χ4n) is 3.32. The lowest BCUT2D eigenvalue weighted by Crippen LogP contribution is -2.49. The fraction of sp³-hybridized carbons (Fsp3) is 0.476. The van der Waals surface area contributed by atoms with E-state index in [1.807, 2.05) is 6.08 Å². The highest BCUT2D eigenvalue weighted by molar-refractivity contribution is 6.18. The molecule has 0 saturated carbocycles. The zero-order chi connectivity index (χ0) is 19.3. The van der Waals surface area contributed by atoms with E-state index in [0.717, 1.165) is 25.7 Å². The van der Waals surface area contributed by atoms with Crippen LogP contribution in [0.3, 0.4) is 0 Å². The van der Waals surface area contributed by atoms with Crippen LogP contribution in [0.4, 0.5) is 0 Å². The second-order valence-corrected chi connectivity index (χ2v) is 6.99. The van der Waals surface area contributed by atoms with Gasteiger partial charge < -0.3 is 9.84 Å². The van der Waals surface area contributed by atoms with Crippen LogP contribution in [0.1, 0.15) is 52.9 Å². The van der Waals surface area contributed by atoms with Gasteiger partial charge in [-0.15, -0.1) is 0 Å². The first-order valence-corrected chi connectivity index (χ1v) is 9.04. The molecule has 2 rings (SSSR count). The Bertz CT molecular complexity index is 719. The predicted molar refractivity (Wildman–Crippen MR) is 98.0 cm³/mol. The quantitative estimate of drug-likeness (QED) is 0.311. The first-order chi connectivity index (χ1) is 12.3. The van der Waals surface area contributed by atoms with Crippen molar-refractivity contribution in [3.63, 3.8) is 0 Å². The van der Waals surface area contributed by atoms with Gasteiger partial charge in [0.2, 0.25) is 0 Å². The molecule has 0 spiro atoms. The summed E-state index contributed by atoms with van der Waals surface area (Å²) in [4.78, 5) is 36.4. The SMILES string of the molecule is CCCCC/C=C/C(=O)C[C@H]1C2=COC(C)=CC2=C(C=O)C(=O)[C@]1(C)O. The number of hydrogen-bond acceptors (Lipinski definition) is 5. The summed E-state index contributed by atoms with van der Waals surface area (Å²) < 4.78 is 5.40. The molecular formula is C21H26O5. The molecule has 5 nitrogen and oxygen atoms in total. The van der Waals surface area contributed by atoms with Crippen LogP contribution in [0.25, 0.3) is 0 Å². The summed E-state index contributed by atoms with van der Waals surface area (Å²) in [5.74, 6) is -1.04. The van der Waals surface area contributed by atoms with Crippen LogP contribution < -0.4 is 0 Å². The molecule has 0 bridgehead atoms. The van der Waals surface area contributed by atoms with Crippen molar-refractivity contribution in [2.45, 2.75) is 58.5 Å². The number of fused-ring (bicyclic) bond motifs is 1. The average Bonchev–Trinajstić information content (AvgIpc) is 2.59. The molecule has 2 atom stereocenters. The normalized spacial score (nSPS) is 25.5. The van der Waals surface area contributed by atoms with E-state index in [-0.39, 0.29) is 17.8 Å². The number of rotatable bonds is 8. The summed E-state index contributed by atoms with van der Waals surface area (Å²) in [7, 11) is 0. The van der Waals surface area contributed by atoms with Gasteiger partial charge in [0.25, 0.3) is 0 Å². The van der Waals surface area contributed by atoms with Gasteiger partial charge in [-0.25, -0.2) is 0 Å². The Morgan fingerprint density at radius 3 is 2.77 bits per heavy atom. The summed E-state index contributed by atoms with van der Waals surface area (Å²) in [6.45, 7) is 5.18. The monoisotopic (exact) mass is 358 g/mol. The van der Waals surface area contributed by atoms with Gasteiger partial charge in [0.15, 0.2) is 17.9 Å². The molecule has 0 fully saturated rings. The van der Waals surface area contributed by atoms with Gasteiger partial charge in [0.05, 0.1) is 11.8 Å². The van der Waals surface area contributed by atoms with Crippen molar-refractivity contribution in [1.29, 1.82) is 0 Å². The van der Waals surface area contributed by atoms with E-state index in [1.54, 1.807) is 13.0 Å². The Labute approximate surface area is 154 Å². The van der Waals surface area contributed by atoms with Gasteiger partial charge in [-0.05, 0) is 44.4 Å². The van der Waals surface area contributed by atoms with Crippen LogP contribution >= 0.6 is 0 Å². The van der Waals surface area contributed by atoms with E-state index >= 15 is 0 Å². The summed E-state index contributed by atoms with van der Waals surface area (Å²) in [5.41, 5.74) is -0.970. The maximum atomic E-state index is 12.6. The second kappa shape index (κ2) is 8.41. The molecule has 1 aliphatic heterocycles. The average molecular weight is 358 g/mol. The highest BCUT2D eigenvalue weighted by Gasteiger charge is 2.49. The van der Waals surface area contributed by atoms with Gasteiger partial charge in [0.1, 0.15) is 11.4 Å². The lowest BCUT2D eigenvalue weighted by molar-refractivity contribution is -0.138. The van der Waals surface area contributed by atoms with Crippen molar-refractivity contribution in [1.82, 2.24) is 0 Å². The molecule has 140 valence electrons. The van der Waals surface area contributed by atoms with Gasteiger partial charge in [0, 0.05) is 17.9 Å². The number of allylic oxidation sites excluding steroid dienone is 5. The van der Waals surface area contributed by atoms with Gasteiger partial charge in [-0.1, -0.05) is 25.8 Å². The van der Waals surface area contributed by atoms with E-state index in [4.69, 9.17) is 4.74 Å². The molecule has 1 heterocycles. The number of carbonyl (C=O) groups is 3. The molecule has 2 aliphatic rings. The third-order valence-electron chi connectivity index (χ3n) is 4.88. The minimum atomic E-state index is -1.83. The molecule has 26 heavy (non-hydrogen) atoms. The van der Waals surface area contributed by atoms with Crippen molar-refractivity contribution < 1.29 is 24.2 Å². The highest BCUT2D eigenvalue weighted by atomic mass is 16.5. The van der Waals surface area contributed by atoms with Crippen molar-refractivity contribution in [2.24, 2.45) is 5.92 Å². The third kappa shape index (κ3) is 4.10. The summed E-state index contributed by atoms with van der Waals surface area (Å²) in [6.07, 6.45) is 10.9. The van der Waals surface area contributed by atoms with Gasteiger partial charge >= 0.3 is 0 Å². The number of aldehydes is 1. The van der Waals surface area contributed by atoms with Crippen LogP contribution in [-0.2, 0) is 19.1 Å². The maximum Gasteiger partial charge on any atom is 0.198 e. The first-order valence-electron chi connectivity index (χ1n) is 9.04. The molecule has 1 N–H and O–H groups in total. The molecule has 1 aliphatic carbocycles. The molecule has 0 aromatic heterocycles. The molecule has 5 heteroatoms. The molecule has 0 aromatic rings. The number of Topliss-reactive ketones (excluding diaryl/α,β-unsaturated/α-hetero) is 1. The molecule has 0 amide bonds. The molecule has 0 aromatic carbocycles. The predicted octanol–water partition coefficient (Wildman–Crippen LogP) is 3.35. The number of unbranched alkanes of at least 4 members (excludes halogenated alkanes) is 3. The first kappa shape index (κ1) is 20.0. The van der Waals surface area contributed by atoms with E-state index in [0.29, 0.717) is 23.2 Å². The number of hydrogen-bond donors (Lipinski definition) is 1. The van der Waals surface area contributed by atoms with Crippen LogP contribution in [0.5, 0.6) is 0 Å². The number of aliphatic hydroxyl groups is 1. The van der Waals surface area contributed by atoms with E-state index < -0.39 is 17.3 Å². The maximum absolute atomic E-state index is 12.6. The van der Waals surface area contributed by atoms with Crippen LogP contribution in [0.2, 0.25) is 0 Å². The Balaban J connectivity index is 2.25. The largest absolute Gasteiger partial charge is 0.469 e. The van der Waals surface area contributed by atoms with Gasteiger partial charge in [-0.2, -0.15) is 0 Å². The third-order valence-corrected chi connectivity index (χ3v) is 4.88. The second-order valence-electron chi connectivity index (χ2n) is 6.99. The van der Waals surface area contributed by atoms with E-state index in [2.05, 4.69) is 6.92 Å². The van der Waals surface area contributed by atoms with Crippen LogP contribution in [-0.4, -0.2) is 28.6 Å². The van der Waals surface area contributed by atoms with Gasteiger partial charge in [-0.3, -0.25) is 14.4 Å². The number of ketones is 2. The summed E-state index contributed by atoms with van der Waals surface area (Å²) in [5, 5.41) is 10.8. The molecule has 0 unspecified atom stereocenters. The standard InChI is InChI=1S/C21H26O5/c1-4-5-6-7-8-9-15(23)11-19-18-13-26-14(2)10-16(18)17(12-22)20(24)21(19,3)25/h8-10,12-13,19,25H,4-7,11H2,1-3H3/b9-8+/t19-,21+/m0/s1. The fourth-order valence-corrected chi connectivity index (χ4v) is 3.32. The van der Waals surface area contributed by atoms with E-state index in [9.17, 15) is 19.5 Å². The van der Waals surface area contributed by atoms with Crippen molar-refractivity contribution in [2.75, 3.05) is 0 Å². The summed E-state index contributed by atoms with van der Waals surface area (Å²) >= 11 is 0. The Kier molecular flexibility index (Phi) is 6.48. The lowest BCUT2D eigenvalue weighted by atomic mass is 9.67.